The fourth-order valence-corrected chi connectivity index (χ4v) is 3.23. The molecular formula is C19H28N2O3. The third-order valence-electron chi connectivity index (χ3n) is 4.78. The number of nitrogens with one attached hydrogen (secondary N) is 1. The van der Waals surface area contributed by atoms with Crippen molar-refractivity contribution in [2.75, 3.05) is 13.2 Å². The zero-order valence-corrected chi connectivity index (χ0v) is 14.6. The van der Waals surface area contributed by atoms with Crippen LogP contribution in [-0.4, -0.2) is 41.0 Å². The predicted molar refractivity (Wildman–Crippen MR) is 93.4 cm³/mol. The Labute approximate surface area is 144 Å². The van der Waals surface area contributed by atoms with Gasteiger partial charge in [-0.25, -0.2) is 0 Å². The van der Waals surface area contributed by atoms with E-state index < -0.39 is 11.8 Å². The zero-order valence-electron chi connectivity index (χ0n) is 14.6. The van der Waals surface area contributed by atoms with Crippen molar-refractivity contribution in [3.8, 4) is 0 Å². The molecule has 1 aromatic carbocycles. The number of aliphatic hydroxyl groups is 1. The molecule has 1 aliphatic heterocycles. The first kappa shape index (κ1) is 18.5. The molecule has 1 aliphatic rings. The molecule has 2 amide bonds. The highest BCUT2D eigenvalue weighted by Gasteiger charge is 2.30. The predicted octanol–water partition coefficient (Wildman–Crippen LogP) is 2.19. The monoisotopic (exact) mass is 332 g/mol. The Balaban J connectivity index is 1.97. The van der Waals surface area contributed by atoms with Crippen LogP contribution in [0.5, 0.6) is 0 Å². The average Bonchev–Trinajstić information content (AvgIpc) is 2.62. The van der Waals surface area contributed by atoms with E-state index >= 15 is 0 Å². The van der Waals surface area contributed by atoms with E-state index in [0.29, 0.717) is 13.0 Å². The largest absolute Gasteiger partial charge is 0.396 e. The topological polar surface area (TPSA) is 69.6 Å². The number of hydrogen-bond acceptors (Lipinski definition) is 3. The van der Waals surface area contributed by atoms with Gasteiger partial charge in [-0.3, -0.25) is 9.59 Å². The minimum atomic E-state index is -0.563. The molecule has 0 bridgehead atoms. The van der Waals surface area contributed by atoms with Crippen LogP contribution in [0.1, 0.15) is 56.7 Å². The zero-order chi connectivity index (χ0) is 17.5. The van der Waals surface area contributed by atoms with Gasteiger partial charge in [0.1, 0.15) is 0 Å². The lowest BCUT2D eigenvalue weighted by molar-refractivity contribution is -0.148. The first-order valence-electron chi connectivity index (χ1n) is 8.88. The number of benzene rings is 1. The molecule has 1 aromatic rings. The quantitative estimate of drug-likeness (QED) is 0.812. The molecule has 0 aromatic heterocycles. The summed E-state index contributed by atoms with van der Waals surface area (Å²) in [5.74, 6) is -1.04. The Hall–Kier alpha value is -1.88. The van der Waals surface area contributed by atoms with Crippen LogP contribution in [0.4, 0.5) is 0 Å². The Morgan fingerprint density at radius 2 is 2.00 bits per heavy atom. The maximum Gasteiger partial charge on any atom is 0.312 e. The van der Waals surface area contributed by atoms with Crippen LogP contribution < -0.4 is 5.32 Å². The first-order valence-corrected chi connectivity index (χ1v) is 8.88. The Kier molecular flexibility index (Phi) is 6.79. The Morgan fingerprint density at radius 1 is 1.29 bits per heavy atom. The van der Waals surface area contributed by atoms with E-state index in [2.05, 4.69) is 12.2 Å². The summed E-state index contributed by atoms with van der Waals surface area (Å²) in [6, 6.07) is 7.83. The van der Waals surface area contributed by atoms with E-state index in [1.807, 2.05) is 31.2 Å². The molecule has 2 N–H and O–H groups in total. The average molecular weight is 332 g/mol. The molecule has 2 unspecified atom stereocenters. The summed E-state index contributed by atoms with van der Waals surface area (Å²) in [4.78, 5) is 26.4. The summed E-state index contributed by atoms with van der Waals surface area (Å²) in [6.45, 7) is 4.61. The van der Waals surface area contributed by atoms with Crippen LogP contribution >= 0.6 is 0 Å². The SMILES string of the molecule is CCc1ccc(C(C)NC(=O)C(=O)N2CCCCC2CCO)cc1. The van der Waals surface area contributed by atoms with Crippen molar-refractivity contribution >= 4 is 11.8 Å². The maximum absolute atomic E-state index is 12.5. The lowest BCUT2D eigenvalue weighted by atomic mass is 9.99. The van der Waals surface area contributed by atoms with Gasteiger partial charge >= 0.3 is 11.8 Å². The fraction of sp³-hybridized carbons (Fsp3) is 0.579. The van der Waals surface area contributed by atoms with E-state index in [1.165, 1.54) is 5.56 Å². The summed E-state index contributed by atoms with van der Waals surface area (Å²) in [5.41, 5.74) is 2.23. The number of rotatable bonds is 5. The Morgan fingerprint density at radius 3 is 2.62 bits per heavy atom. The molecule has 5 nitrogen and oxygen atoms in total. The molecule has 1 fully saturated rings. The van der Waals surface area contributed by atoms with Gasteiger partial charge in [0.2, 0.25) is 0 Å². The molecule has 0 saturated carbocycles. The molecule has 1 saturated heterocycles. The summed E-state index contributed by atoms with van der Waals surface area (Å²) in [6.07, 6.45) is 4.31. The summed E-state index contributed by atoms with van der Waals surface area (Å²) < 4.78 is 0. The minimum absolute atomic E-state index is 0.0267. The number of amides is 2. The molecule has 0 spiro atoms. The van der Waals surface area contributed by atoms with Gasteiger partial charge in [0.05, 0.1) is 6.04 Å². The van der Waals surface area contributed by atoms with Gasteiger partial charge in [0.15, 0.2) is 0 Å². The van der Waals surface area contributed by atoms with Gasteiger partial charge in [-0.15, -0.1) is 0 Å². The highest BCUT2D eigenvalue weighted by atomic mass is 16.3. The van der Waals surface area contributed by atoms with E-state index in [-0.39, 0.29) is 18.7 Å². The van der Waals surface area contributed by atoms with E-state index in [0.717, 1.165) is 31.2 Å². The molecule has 5 heteroatoms. The van der Waals surface area contributed by atoms with Crippen molar-refractivity contribution in [1.29, 1.82) is 0 Å². The van der Waals surface area contributed by atoms with Gasteiger partial charge < -0.3 is 15.3 Å². The highest BCUT2D eigenvalue weighted by molar-refractivity contribution is 6.35. The Bertz CT molecular complexity index is 554. The lowest BCUT2D eigenvalue weighted by Crippen LogP contribution is -2.50. The summed E-state index contributed by atoms with van der Waals surface area (Å²) in [7, 11) is 0. The molecule has 24 heavy (non-hydrogen) atoms. The van der Waals surface area contributed by atoms with Crippen molar-refractivity contribution in [3.05, 3.63) is 35.4 Å². The third-order valence-corrected chi connectivity index (χ3v) is 4.78. The number of piperidine rings is 1. The molecule has 2 rings (SSSR count). The second-order valence-corrected chi connectivity index (χ2v) is 6.45. The van der Waals surface area contributed by atoms with Gasteiger partial charge in [-0.2, -0.15) is 0 Å². The number of aryl methyl sites for hydroxylation is 1. The van der Waals surface area contributed by atoms with Crippen molar-refractivity contribution in [1.82, 2.24) is 10.2 Å². The highest BCUT2D eigenvalue weighted by Crippen LogP contribution is 2.20. The summed E-state index contributed by atoms with van der Waals surface area (Å²) >= 11 is 0. The van der Waals surface area contributed by atoms with E-state index in [1.54, 1.807) is 4.90 Å². The molecule has 1 heterocycles. The normalized spacial score (nSPS) is 19.0. The lowest BCUT2D eigenvalue weighted by Gasteiger charge is -2.35. The second-order valence-electron chi connectivity index (χ2n) is 6.45. The number of hydrogen-bond donors (Lipinski definition) is 2. The molecule has 132 valence electrons. The standard InChI is InChI=1S/C19H28N2O3/c1-3-15-7-9-16(10-8-15)14(2)20-18(23)19(24)21-12-5-4-6-17(21)11-13-22/h7-10,14,17,22H,3-6,11-13H2,1-2H3,(H,20,23). The first-order chi connectivity index (χ1) is 11.6. The van der Waals surface area contributed by atoms with Crippen LogP contribution in [0, 0.1) is 0 Å². The smallest absolute Gasteiger partial charge is 0.312 e. The van der Waals surface area contributed by atoms with Crippen LogP contribution in [0.3, 0.4) is 0 Å². The van der Waals surface area contributed by atoms with Crippen LogP contribution in [0.2, 0.25) is 0 Å². The van der Waals surface area contributed by atoms with Crippen molar-refractivity contribution in [2.45, 2.75) is 58.0 Å². The van der Waals surface area contributed by atoms with Gasteiger partial charge in [-0.1, -0.05) is 31.2 Å². The van der Waals surface area contributed by atoms with Crippen LogP contribution in [0.15, 0.2) is 24.3 Å². The molecular weight excluding hydrogens is 304 g/mol. The van der Waals surface area contributed by atoms with E-state index in [4.69, 9.17) is 5.11 Å². The molecule has 0 aliphatic carbocycles. The van der Waals surface area contributed by atoms with Crippen molar-refractivity contribution in [3.63, 3.8) is 0 Å². The molecule has 2 atom stereocenters. The number of nitrogens with zero attached hydrogens (tertiary/aromatic N) is 1. The number of likely N-dealkylation sites (tertiary alicyclic amines) is 1. The van der Waals surface area contributed by atoms with Crippen LogP contribution in [-0.2, 0) is 16.0 Å². The van der Waals surface area contributed by atoms with Crippen molar-refractivity contribution in [2.24, 2.45) is 0 Å². The fourth-order valence-electron chi connectivity index (χ4n) is 3.23. The van der Waals surface area contributed by atoms with Gasteiger partial charge in [-0.05, 0) is 50.2 Å². The van der Waals surface area contributed by atoms with Gasteiger partial charge in [0.25, 0.3) is 0 Å². The number of carbonyl (C=O) groups is 2. The molecule has 0 radical (unpaired) electrons. The summed E-state index contributed by atoms with van der Waals surface area (Å²) in [5, 5.41) is 12.0. The van der Waals surface area contributed by atoms with E-state index in [9.17, 15) is 9.59 Å². The van der Waals surface area contributed by atoms with Crippen LogP contribution in [0.25, 0.3) is 0 Å². The van der Waals surface area contributed by atoms with Crippen molar-refractivity contribution < 1.29 is 14.7 Å². The maximum atomic E-state index is 12.5. The second kappa shape index (κ2) is 8.83. The minimum Gasteiger partial charge on any atom is -0.396 e. The van der Waals surface area contributed by atoms with Gasteiger partial charge in [0, 0.05) is 19.2 Å². The third kappa shape index (κ3) is 4.57. The number of carbonyl (C=O) groups excluding carboxylic acids is 2. The number of aliphatic hydroxyl groups excluding tert-OH is 1.